The number of nitrogens with zero attached hydrogens (tertiary/aromatic N) is 2. The summed E-state index contributed by atoms with van der Waals surface area (Å²) in [5, 5.41) is 1.48. The predicted octanol–water partition coefficient (Wildman–Crippen LogP) is 5.10. The van der Waals surface area contributed by atoms with E-state index in [9.17, 15) is 0 Å². The molecule has 3 aromatic rings. The van der Waals surface area contributed by atoms with Crippen LogP contribution in [-0.4, -0.2) is 10.9 Å². The lowest BCUT2D eigenvalue weighted by Crippen LogP contribution is -2.22. The van der Waals surface area contributed by atoms with Crippen molar-refractivity contribution in [2.75, 3.05) is 0 Å². The highest BCUT2D eigenvalue weighted by atomic mass is 35.5. The van der Waals surface area contributed by atoms with Crippen molar-refractivity contribution in [3.63, 3.8) is 0 Å². The minimum atomic E-state index is 0.0554. The van der Waals surface area contributed by atoms with Gasteiger partial charge < -0.3 is 11.5 Å². The minimum Gasteiger partial charge on any atom is -0.370 e. The Morgan fingerprint density at radius 1 is 0.643 bits per heavy atom. The number of hydrogen-bond acceptors (Lipinski definition) is 2. The van der Waals surface area contributed by atoms with E-state index < -0.39 is 0 Å². The zero-order valence-corrected chi connectivity index (χ0v) is 16.9. The first-order chi connectivity index (χ1) is 13.5. The maximum Gasteiger partial charge on any atom is 0.191 e. The summed E-state index contributed by atoms with van der Waals surface area (Å²) in [6.45, 7) is 2.39. The fourth-order valence-electron chi connectivity index (χ4n) is 2.95. The second-order valence-corrected chi connectivity index (χ2v) is 7.47. The van der Waals surface area contributed by atoms with Gasteiger partial charge in [0.1, 0.15) is 0 Å². The van der Waals surface area contributed by atoms with Crippen LogP contribution in [0, 0.1) is 0 Å². The van der Waals surface area contributed by atoms with Crippen molar-refractivity contribution >= 4 is 34.8 Å². The third-order valence-electron chi connectivity index (χ3n) is 4.24. The van der Waals surface area contributed by atoms with Crippen LogP contribution >= 0.6 is 23.2 Å². The number of hydrogen-bond donors (Lipinski definition) is 2. The molecule has 3 aromatic carbocycles. The predicted molar refractivity (Wildman–Crippen MR) is 118 cm³/mol. The normalized spacial score (nSPS) is 10.8. The van der Waals surface area contributed by atoms with Crippen molar-refractivity contribution in [1.29, 1.82) is 0 Å². The van der Waals surface area contributed by atoms with E-state index in [1.807, 2.05) is 48.5 Å². The lowest BCUT2D eigenvalue weighted by atomic mass is 10.1. The molecule has 6 heteroatoms. The molecule has 0 spiro atoms. The number of benzene rings is 3. The number of nitrogens with two attached hydrogens (primary N) is 2. The van der Waals surface area contributed by atoms with Crippen LogP contribution in [0.1, 0.15) is 16.7 Å². The van der Waals surface area contributed by atoms with Crippen LogP contribution in [0.5, 0.6) is 0 Å². The van der Waals surface area contributed by atoms with E-state index >= 15 is 0 Å². The summed E-state index contributed by atoms with van der Waals surface area (Å²) in [4.78, 5) is 6.43. The fraction of sp³-hybridized carbons (Fsp3) is 0.136. The van der Waals surface area contributed by atoms with E-state index in [1.54, 1.807) is 0 Å². The molecule has 4 nitrogen and oxygen atoms in total. The van der Waals surface area contributed by atoms with Crippen LogP contribution < -0.4 is 11.5 Å². The molecular weight excluding hydrogens is 391 g/mol. The van der Waals surface area contributed by atoms with E-state index in [4.69, 9.17) is 34.7 Å². The van der Waals surface area contributed by atoms with E-state index in [0.717, 1.165) is 35.4 Å². The van der Waals surface area contributed by atoms with Gasteiger partial charge in [-0.3, -0.25) is 4.90 Å². The third-order valence-corrected chi connectivity index (χ3v) is 4.74. The molecule has 0 bridgehead atoms. The summed E-state index contributed by atoms with van der Waals surface area (Å²) in [5.74, 6) is 0.0554. The molecule has 0 aliphatic rings. The zero-order chi connectivity index (χ0) is 19.9. The molecule has 0 saturated heterocycles. The summed E-state index contributed by atoms with van der Waals surface area (Å²) < 4.78 is 0. The van der Waals surface area contributed by atoms with Crippen molar-refractivity contribution in [2.45, 2.75) is 19.6 Å². The Kier molecular flexibility index (Phi) is 6.93. The van der Waals surface area contributed by atoms with Gasteiger partial charge in [0.15, 0.2) is 5.96 Å². The molecule has 0 aromatic heterocycles. The van der Waals surface area contributed by atoms with Crippen LogP contribution in [0.25, 0.3) is 0 Å². The lowest BCUT2D eigenvalue weighted by molar-refractivity contribution is 0.248. The summed E-state index contributed by atoms with van der Waals surface area (Å²) in [7, 11) is 0. The standard InChI is InChI=1S/C22H22Cl2N4/c23-19-7-1-16(2-8-19)13-28(14-17-3-9-20(24)10-4-17)15-18-5-11-21(12-6-18)27-22(25)26/h1-12H,13-15H2,(H4,25,26,27). The van der Waals surface area contributed by atoms with Gasteiger partial charge in [-0.15, -0.1) is 0 Å². The van der Waals surface area contributed by atoms with Gasteiger partial charge in [-0.2, -0.15) is 0 Å². The SMILES string of the molecule is NC(N)=Nc1ccc(CN(Cc2ccc(Cl)cc2)Cc2ccc(Cl)cc2)cc1. The maximum atomic E-state index is 6.02. The molecule has 0 radical (unpaired) electrons. The van der Waals surface area contributed by atoms with Gasteiger partial charge in [0.25, 0.3) is 0 Å². The Labute approximate surface area is 175 Å². The minimum absolute atomic E-state index is 0.0554. The number of aliphatic imine (C=N–C) groups is 1. The molecule has 0 aliphatic carbocycles. The van der Waals surface area contributed by atoms with Crippen molar-refractivity contribution in [2.24, 2.45) is 16.5 Å². The smallest absolute Gasteiger partial charge is 0.191 e. The highest BCUT2D eigenvalue weighted by Gasteiger charge is 2.09. The highest BCUT2D eigenvalue weighted by molar-refractivity contribution is 6.30. The molecule has 0 amide bonds. The summed E-state index contributed by atoms with van der Waals surface area (Å²) in [6, 6.07) is 23.8. The first-order valence-electron chi connectivity index (χ1n) is 8.88. The zero-order valence-electron chi connectivity index (χ0n) is 15.4. The first-order valence-corrected chi connectivity index (χ1v) is 9.63. The Morgan fingerprint density at radius 3 is 1.36 bits per heavy atom. The fourth-order valence-corrected chi connectivity index (χ4v) is 3.20. The quantitative estimate of drug-likeness (QED) is 0.418. The summed E-state index contributed by atoms with van der Waals surface area (Å²) >= 11 is 12.0. The topological polar surface area (TPSA) is 67.6 Å². The second kappa shape index (κ2) is 9.60. The molecular formula is C22H22Cl2N4. The largest absolute Gasteiger partial charge is 0.370 e. The number of rotatable bonds is 7. The molecule has 0 aliphatic heterocycles. The summed E-state index contributed by atoms with van der Waals surface area (Å²) in [6.07, 6.45) is 0. The van der Waals surface area contributed by atoms with Gasteiger partial charge in [-0.25, -0.2) is 4.99 Å². The van der Waals surface area contributed by atoms with E-state index in [0.29, 0.717) is 0 Å². The van der Waals surface area contributed by atoms with E-state index in [1.165, 1.54) is 16.7 Å². The number of halogens is 2. The van der Waals surface area contributed by atoms with Crippen LogP contribution in [0.3, 0.4) is 0 Å². The monoisotopic (exact) mass is 412 g/mol. The number of guanidine groups is 1. The van der Waals surface area contributed by atoms with Crippen LogP contribution in [0.4, 0.5) is 5.69 Å². The molecule has 0 fully saturated rings. The Hall–Kier alpha value is -2.53. The molecule has 0 saturated carbocycles. The summed E-state index contributed by atoms with van der Waals surface area (Å²) in [5.41, 5.74) is 15.2. The van der Waals surface area contributed by atoms with Gasteiger partial charge in [0.05, 0.1) is 5.69 Å². The third kappa shape index (κ3) is 6.27. The molecule has 3 rings (SSSR count). The molecule has 4 N–H and O–H groups in total. The van der Waals surface area contributed by atoms with Gasteiger partial charge in [0.2, 0.25) is 0 Å². The van der Waals surface area contributed by atoms with Crippen molar-refractivity contribution in [3.05, 3.63) is 99.5 Å². The average Bonchev–Trinajstić information content (AvgIpc) is 2.66. The van der Waals surface area contributed by atoms with E-state index in [-0.39, 0.29) is 5.96 Å². The molecule has 0 unspecified atom stereocenters. The van der Waals surface area contributed by atoms with Crippen molar-refractivity contribution in [1.82, 2.24) is 4.90 Å². The van der Waals surface area contributed by atoms with Crippen molar-refractivity contribution in [3.8, 4) is 0 Å². The molecule has 0 heterocycles. The maximum absolute atomic E-state index is 6.02. The van der Waals surface area contributed by atoms with Crippen LogP contribution in [0.2, 0.25) is 10.0 Å². The Balaban J connectivity index is 1.77. The second-order valence-electron chi connectivity index (χ2n) is 6.60. The first kappa shape index (κ1) is 20.2. The average molecular weight is 413 g/mol. The lowest BCUT2D eigenvalue weighted by Gasteiger charge is -2.23. The van der Waals surface area contributed by atoms with Crippen molar-refractivity contribution < 1.29 is 0 Å². The van der Waals surface area contributed by atoms with Gasteiger partial charge in [0, 0.05) is 29.7 Å². The van der Waals surface area contributed by atoms with Crippen LogP contribution in [0.15, 0.2) is 77.8 Å². The molecule has 28 heavy (non-hydrogen) atoms. The highest BCUT2D eigenvalue weighted by Crippen LogP contribution is 2.19. The Bertz CT molecular complexity index is 869. The Morgan fingerprint density at radius 2 is 1.00 bits per heavy atom. The van der Waals surface area contributed by atoms with E-state index in [2.05, 4.69) is 34.2 Å². The molecule has 0 atom stereocenters. The van der Waals surface area contributed by atoms with Crippen LogP contribution in [-0.2, 0) is 19.6 Å². The van der Waals surface area contributed by atoms with Gasteiger partial charge >= 0.3 is 0 Å². The van der Waals surface area contributed by atoms with Gasteiger partial charge in [-0.05, 0) is 53.1 Å². The van der Waals surface area contributed by atoms with Gasteiger partial charge in [-0.1, -0.05) is 59.6 Å². The molecule has 144 valence electrons.